The van der Waals surface area contributed by atoms with Crippen molar-refractivity contribution in [1.29, 1.82) is 0 Å². The predicted molar refractivity (Wildman–Crippen MR) is 50.6 cm³/mol. The normalized spacial score (nSPS) is 17.6. The molecule has 0 aromatic rings. The molecule has 0 spiro atoms. The van der Waals surface area contributed by atoms with Gasteiger partial charge in [-0.15, -0.1) is 0 Å². The van der Waals surface area contributed by atoms with E-state index < -0.39 is 0 Å². The molecule has 5 heteroatoms. The third-order valence-electron chi connectivity index (χ3n) is 1.46. The van der Waals surface area contributed by atoms with E-state index in [-0.39, 0.29) is 23.4 Å². The van der Waals surface area contributed by atoms with Crippen LogP contribution in [0.25, 0.3) is 0 Å². The van der Waals surface area contributed by atoms with Crippen molar-refractivity contribution < 1.29 is 19.2 Å². The number of hydrogen-bond acceptors (Lipinski definition) is 4. The van der Waals surface area contributed by atoms with Crippen molar-refractivity contribution >= 4 is 23.4 Å². The number of carbonyl (C=O) groups is 4. The highest BCUT2D eigenvalue weighted by Crippen LogP contribution is 1.90. The highest BCUT2D eigenvalue weighted by atomic mass is 16.2. The van der Waals surface area contributed by atoms with Gasteiger partial charge in [0.05, 0.1) is 0 Å². The standard InChI is InChI=1S/C6H4O2.C4H3NO2/c7-5-1-2-6(8)4-3-5;6-3-1-2-4(7)5-3/h1-4H;1-2H,(H,5,6,7). The van der Waals surface area contributed by atoms with Gasteiger partial charge in [0.15, 0.2) is 11.6 Å². The van der Waals surface area contributed by atoms with Crippen molar-refractivity contribution in [3.05, 3.63) is 36.5 Å². The Kier molecular flexibility index (Phi) is 3.45. The summed E-state index contributed by atoms with van der Waals surface area (Å²) in [6.07, 6.45) is 7.40. The van der Waals surface area contributed by atoms with Gasteiger partial charge in [0.1, 0.15) is 0 Å². The zero-order valence-corrected chi connectivity index (χ0v) is 7.60. The fourth-order valence-corrected chi connectivity index (χ4v) is 0.796. The molecular weight excluding hydrogens is 198 g/mol. The van der Waals surface area contributed by atoms with E-state index in [1.807, 2.05) is 5.32 Å². The van der Waals surface area contributed by atoms with Gasteiger partial charge in [0.25, 0.3) is 11.8 Å². The Labute approximate surface area is 85.1 Å². The summed E-state index contributed by atoms with van der Waals surface area (Å²) in [6, 6.07) is 0. The van der Waals surface area contributed by atoms with Crippen molar-refractivity contribution in [1.82, 2.24) is 5.32 Å². The zero-order valence-electron chi connectivity index (χ0n) is 7.60. The summed E-state index contributed by atoms with van der Waals surface area (Å²) in [5.41, 5.74) is 0. The number of amides is 2. The fraction of sp³-hybridized carbons (Fsp3) is 0. The average molecular weight is 205 g/mol. The number of hydrogen-bond donors (Lipinski definition) is 1. The minimum Gasteiger partial charge on any atom is -0.290 e. The van der Waals surface area contributed by atoms with Gasteiger partial charge in [0, 0.05) is 12.2 Å². The van der Waals surface area contributed by atoms with Gasteiger partial charge in [-0.2, -0.15) is 0 Å². The number of nitrogens with one attached hydrogen (secondary N) is 1. The number of ketones is 2. The van der Waals surface area contributed by atoms with Gasteiger partial charge in [-0.25, -0.2) is 0 Å². The molecule has 76 valence electrons. The second-order valence-corrected chi connectivity index (χ2v) is 2.66. The first-order valence-corrected chi connectivity index (χ1v) is 4.05. The zero-order chi connectivity index (χ0) is 11.3. The molecule has 0 saturated heterocycles. The Hall–Kier alpha value is -2.30. The van der Waals surface area contributed by atoms with Crippen molar-refractivity contribution in [2.75, 3.05) is 0 Å². The lowest BCUT2D eigenvalue weighted by atomic mass is 10.2. The third kappa shape index (κ3) is 3.95. The second-order valence-electron chi connectivity index (χ2n) is 2.66. The van der Waals surface area contributed by atoms with Crippen LogP contribution in [0.15, 0.2) is 36.5 Å². The summed E-state index contributed by atoms with van der Waals surface area (Å²) in [5.74, 6) is -0.899. The summed E-state index contributed by atoms with van der Waals surface area (Å²) in [7, 11) is 0. The number of allylic oxidation sites excluding steroid dienone is 4. The van der Waals surface area contributed by atoms with Crippen LogP contribution < -0.4 is 5.32 Å². The first-order valence-electron chi connectivity index (χ1n) is 4.05. The van der Waals surface area contributed by atoms with E-state index in [4.69, 9.17) is 0 Å². The molecule has 1 heterocycles. The maximum atomic E-state index is 10.3. The van der Waals surface area contributed by atoms with Crippen molar-refractivity contribution in [3.63, 3.8) is 0 Å². The van der Waals surface area contributed by atoms with Crippen LogP contribution in [0.3, 0.4) is 0 Å². The minimum absolute atomic E-state index is 0.121. The van der Waals surface area contributed by atoms with Crippen LogP contribution in [-0.2, 0) is 19.2 Å². The van der Waals surface area contributed by atoms with Crippen molar-refractivity contribution in [2.45, 2.75) is 0 Å². The molecule has 5 nitrogen and oxygen atoms in total. The van der Waals surface area contributed by atoms with Gasteiger partial charge < -0.3 is 0 Å². The SMILES string of the molecule is O=C1C=CC(=O)C=C1.O=C1C=CC(=O)N1. The van der Waals surface area contributed by atoms with E-state index >= 15 is 0 Å². The number of rotatable bonds is 0. The van der Waals surface area contributed by atoms with E-state index in [0.29, 0.717) is 0 Å². The monoisotopic (exact) mass is 205 g/mol. The Morgan fingerprint density at radius 3 is 1.13 bits per heavy atom. The molecule has 15 heavy (non-hydrogen) atoms. The second kappa shape index (κ2) is 4.80. The first-order chi connectivity index (χ1) is 7.08. The highest BCUT2D eigenvalue weighted by molar-refractivity contribution is 6.14. The lowest BCUT2D eigenvalue weighted by Crippen LogP contribution is -2.19. The van der Waals surface area contributed by atoms with E-state index in [9.17, 15) is 19.2 Å². The molecule has 1 aliphatic carbocycles. The van der Waals surface area contributed by atoms with E-state index in [0.717, 1.165) is 0 Å². The molecule has 0 aromatic carbocycles. The first kappa shape index (κ1) is 10.8. The smallest absolute Gasteiger partial charge is 0.250 e. The van der Waals surface area contributed by atoms with Crippen molar-refractivity contribution in [3.8, 4) is 0 Å². The molecular formula is C10H7NO4. The van der Waals surface area contributed by atoms with Crippen LogP contribution in [0.1, 0.15) is 0 Å². The molecule has 0 unspecified atom stereocenters. The highest BCUT2D eigenvalue weighted by Gasteiger charge is 2.06. The topological polar surface area (TPSA) is 80.3 Å². The molecule has 0 fully saturated rings. The number of carbonyl (C=O) groups excluding carboxylic acids is 4. The fourth-order valence-electron chi connectivity index (χ4n) is 0.796. The largest absolute Gasteiger partial charge is 0.290 e. The Morgan fingerprint density at radius 2 is 0.933 bits per heavy atom. The van der Waals surface area contributed by atoms with Crippen LogP contribution in [0, 0.1) is 0 Å². The summed E-state index contributed by atoms with van der Waals surface area (Å²) in [4.78, 5) is 40.6. The quantitative estimate of drug-likeness (QED) is 0.425. The molecule has 0 radical (unpaired) electrons. The Morgan fingerprint density at radius 1 is 0.600 bits per heavy atom. The van der Waals surface area contributed by atoms with E-state index in [2.05, 4.69) is 0 Å². The van der Waals surface area contributed by atoms with Crippen LogP contribution in [0.4, 0.5) is 0 Å². The third-order valence-corrected chi connectivity index (χ3v) is 1.46. The van der Waals surface area contributed by atoms with Gasteiger partial charge in [0.2, 0.25) is 0 Å². The Bertz CT molecular complexity index is 361. The summed E-state index contributed by atoms with van der Waals surface area (Å²) in [6.45, 7) is 0. The van der Waals surface area contributed by atoms with Gasteiger partial charge >= 0.3 is 0 Å². The van der Waals surface area contributed by atoms with Gasteiger partial charge in [-0.1, -0.05) is 0 Å². The molecule has 1 N–H and O–H groups in total. The van der Waals surface area contributed by atoms with Crippen LogP contribution in [0.2, 0.25) is 0 Å². The molecule has 2 rings (SSSR count). The lowest BCUT2D eigenvalue weighted by Gasteiger charge is -1.87. The molecule has 0 bridgehead atoms. The van der Waals surface area contributed by atoms with Gasteiger partial charge in [-0.05, 0) is 24.3 Å². The maximum absolute atomic E-state index is 10.3. The molecule has 0 atom stereocenters. The molecule has 0 saturated carbocycles. The van der Waals surface area contributed by atoms with Crippen LogP contribution >= 0.6 is 0 Å². The summed E-state index contributed by atoms with van der Waals surface area (Å²) < 4.78 is 0. The minimum atomic E-state index is -0.329. The van der Waals surface area contributed by atoms with Crippen LogP contribution in [-0.4, -0.2) is 23.4 Å². The summed E-state index contributed by atoms with van der Waals surface area (Å²) in [5, 5.41) is 2.03. The molecule has 0 aromatic heterocycles. The van der Waals surface area contributed by atoms with Gasteiger partial charge in [-0.3, -0.25) is 24.5 Å². The summed E-state index contributed by atoms with van der Waals surface area (Å²) >= 11 is 0. The van der Waals surface area contributed by atoms with Crippen molar-refractivity contribution in [2.24, 2.45) is 0 Å². The molecule has 1 aliphatic heterocycles. The average Bonchev–Trinajstić information content (AvgIpc) is 2.56. The van der Waals surface area contributed by atoms with E-state index in [1.54, 1.807) is 0 Å². The lowest BCUT2D eigenvalue weighted by molar-refractivity contribution is -0.123. The predicted octanol–water partition coefficient (Wildman–Crippen LogP) is -0.550. The molecule has 2 amide bonds. The number of imide groups is 1. The van der Waals surface area contributed by atoms with E-state index in [1.165, 1.54) is 36.5 Å². The maximum Gasteiger partial charge on any atom is 0.250 e. The van der Waals surface area contributed by atoms with Crippen LogP contribution in [0.5, 0.6) is 0 Å². The Balaban J connectivity index is 0.000000151. The molecule has 2 aliphatic rings.